The number of hydrogen-bond donors (Lipinski definition) is 1. The number of benzene rings is 4. The van der Waals surface area contributed by atoms with Gasteiger partial charge >= 0.3 is 5.97 Å². The molecule has 0 aliphatic rings. The zero-order valence-corrected chi connectivity index (χ0v) is 17.7. The number of phenolic OH excluding ortho intramolecular Hbond substituents is 1. The second-order valence-electron chi connectivity index (χ2n) is 7.32. The average Bonchev–Trinajstić information content (AvgIpc) is 2.79. The number of ether oxygens (including phenoxy) is 1. The van der Waals surface area contributed by atoms with Crippen LogP contribution in [0.25, 0.3) is 0 Å². The molecule has 0 fully saturated rings. The molecule has 3 nitrogen and oxygen atoms in total. The number of hydrogen-bond acceptors (Lipinski definition) is 3. The van der Waals surface area contributed by atoms with Crippen LogP contribution >= 0.6 is 0 Å². The van der Waals surface area contributed by atoms with Crippen LogP contribution in [0.5, 0.6) is 11.5 Å². The van der Waals surface area contributed by atoms with Gasteiger partial charge in [0.25, 0.3) is 0 Å². The molecule has 0 aliphatic carbocycles. The van der Waals surface area contributed by atoms with E-state index in [9.17, 15) is 4.79 Å². The van der Waals surface area contributed by atoms with Crippen LogP contribution in [-0.2, 0) is 4.79 Å². The lowest BCUT2D eigenvalue weighted by Crippen LogP contribution is -2.20. The summed E-state index contributed by atoms with van der Waals surface area (Å²) in [7, 11) is 0. The highest BCUT2D eigenvalue weighted by Gasteiger charge is 2.24. The minimum atomic E-state index is -0.432. The highest BCUT2D eigenvalue weighted by atomic mass is 16.5. The van der Waals surface area contributed by atoms with Crippen molar-refractivity contribution in [2.75, 3.05) is 0 Å². The van der Waals surface area contributed by atoms with Crippen molar-refractivity contribution in [2.24, 2.45) is 0 Å². The van der Waals surface area contributed by atoms with Crippen molar-refractivity contribution in [1.29, 1.82) is 0 Å². The van der Waals surface area contributed by atoms with E-state index in [1.54, 1.807) is 12.1 Å². The number of aryl methyl sites for hydroxylation is 2. The molecule has 0 unspecified atom stereocenters. The molecular weight excluding hydrogens is 384 g/mol. The fraction of sp³-hybridized carbons (Fsp3) is 0.107. The van der Waals surface area contributed by atoms with Gasteiger partial charge in [0.15, 0.2) is 0 Å². The van der Waals surface area contributed by atoms with Gasteiger partial charge in [-0.3, -0.25) is 4.79 Å². The summed E-state index contributed by atoms with van der Waals surface area (Å²) in [4.78, 5) is 12.8. The summed E-state index contributed by atoms with van der Waals surface area (Å²) in [6.07, 6.45) is 0. The lowest BCUT2D eigenvalue weighted by molar-refractivity contribution is -0.135. The first-order valence-electron chi connectivity index (χ1n) is 10.2. The predicted molar refractivity (Wildman–Crippen MR) is 124 cm³/mol. The topological polar surface area (TPSA) is 46.5 Å². The molecule has 4 aromatic carbocycles. The van der Waals surface area contributed by atoms with Gasteiger partial charge in [-0.25, -0.2) is 0 Å². The average molecular weight is 411 g/mol. The SMILES string of the molecule is Cc1ccc(O)cc1.Cc1ccc(OC(=O)C(c2ccccc2)c2ccccc2)cc1. The van der Waals surface area contributed by atoms with Crippen LogP contribution in [0.15, 0.2) is 109 Å². The van der Waals surface area contributed by atoms with Gasteiger partial charge < -0.3 is 9.84 Å². The molecule has 0 amide bonds. The Balaban J connectivity index is 0.000000287. The van der Waals surface area contributed by atoms with Gasteiger partial charge in [-0.2, -0.15) is 0 Å². The molecule has 3 heteroatoms. The van der Waals surface area contributed by atoms with E-state index in [0.29, 0.717) is 11.5 Å². The van der Waals surface area contributed by atoms with Crippen LogP contribution < -0.4 is 4.74 Å². The van der Waals surface area contributed by atoms with Crippen molar-refractivity contribution in [1.82, 2.24) is 0 Å². The Morgan fingerprint density at radius 1 is 0.645 bits per heavy atom. The fourth-order valence-corrected chi connectivity index (χ4v) is 3.08. The molecule has 1 N–H and O–H groups in total. The molecule has 4 aromatic rings. The van der Waals surface area contributed by atoms with Crippen LogP contribution in [-0.4, -0.2) is 11.1 Å². The van der Waals surface area contributed by atoms with Gasteiger partial charge in [-0.05, 0) is 49.2 Å². The predicted octanol–water partition coefficient (Wildman–Crippen LogP) is 6.43. The first-order chi connectivity index (χ1) is 15.0. The van der Waals surface area contributed by atoms with Crippen molar-refractivity contribution in [2.45, 2.75) is 19.8 Å². The number of carbonyl (C=O) groups excluding carboxylic acids is 1. The lowest BCUT2D eigenvalue weighted by Gasteiger charge is -2.17. The van der Waals surface area contributed by atoms with Gasteiger partial charge in [-0.15, -0.1) is 0 Å². The molecule has 0 spiro atoms. The standard InChI is InChI=1S/C21H18O2.C7H8O/c1-16-12-14-19(15-13-16)23-21(22)20(17-8-4-2-5-9-17)18-10-6-3-7-11-18;1-6-2-4-7(8)5-3-6/h2-15,20H,1H3;2-5,8H,1H3. The summed E-state index contributed by atoms with van der Waals surface area (Å²) in [6, 6.07) is 34.0. The number of esters is 1. The minimum Gasteiger partial charge on any atom is -0.508 e. The van der Waals surface area contributed by atoms with Crippen LogP contribution in [0.1, 0.15) is 28.2 Å². The van der Waals surface area contributed by atoms with Crippen molar-refractivity contribution >= 4 is 5.97 Å². The van der Waals surface area contributed by atoms with E-state index in [1.807, 2.05) is 111 Å². The fourth-order valence-electron chi connectivity index (χ4n) is 3.08. The third-order valence-electron chi connectivity index (χ3n) is 4.77. The van der Waals surface area contributed by atoms with Gasteiger partial charge in [0.2, 0.25) is 0 Å². The van der Waals surface area contributed by atoms with Gasteiger partial charge in [0.1, 0.15) is 17.4 Å². The monoisotopic (exact) mass is 410 g/mol. The van der Waals surface area contributed by atoms with E-state index >= 15 is 0 Å². The first-order valence-corrected chi connectivity index (χ1v) is 10.2. The summed E-state index contributed by atoms with van der Waals surface area (Å²) in [5, 5.41) is 8.76. The van der Waals surface area contributed by atoms with E-state index in [2.05, 4.69) is 0 Å². The van der Waals surface area contributed by atoms with E-state index in [4.69, 9.17) is 9.84 Å². The van der Waals surface area contributed by atoms with Gasteiger partial charge in [0.05, 0.1) is 0 Å². The zero-order valence-electron chi connectivity index (χ0n) is 17.7. The van der Waals surface area contributed by atoms with Crippen molar-refractivity contribution in [3.05, 3.63) is 131 Å². The number of phenols is 1. The van der Waals surface area contributed by atoms with Crippen molar-refractivity contribution < 1.29 is 14.6 Å². The van der Waals surface area contributed by atoms with Crippen LogP contribution in [0, 0.1) is 13.8 Å². The molecule has 0 heterocycles. The largest absolute Gasteiger partial charge is 0.508 e. The normalized spacial score (nSPS) is 10.2. The molecule has 0 aromatic heterocycles. The Labute approximate surface area is 183 Å². The summed E-state index contributed by atoms with van der Waals surface area (Å²) < 4.78 is 5.60. The Morgan fingerprint density at radius 3 is 1.48 bits per heavy atom. The Hall–Kier alpha value is -3.85. The van der Waals surface area contributed by atoms with E-state index in [1.165, 1.54) is 5.56 Å². The summed E-state index contributed by atoms with van der Waals surface area (Å²) in [5.74, 6) is 0.193. The van der Waals surface area contributed by atoms with Crippen LogP contribution in [0.3, 0.4) is 0 Å². The second-order valence-corrected chi connectivity index (χ2v) is 7.32. The van der Waals surface area contributed by atoms with E-state index in [-0.39, 0.29) is 5.97 Å². The maximum Gasteiger partial charge on any atom is 0.323 e. The molecule has 4 rings (SSSR count). The third kappa shape index (κ3) is 6.58. The number of carbonyl (C=O) groups is 1. The lowest BCUT2D eigenvalue weighted by atomic mass is 9.91. The maximum absolute atomic E-state index is 12.8. The molecular formula is C28H26O3. The second kappa shape index (κ2) is 10.8. The van der Waals surface area contributed by atoms with Crippen molar-refractivity contribution in [3.63, 3.8) is 0 Å². The Bertz CT molecular complexity index is 1010. The zero-order chi connectivity index (χ0) is 22.1. The van der Waals surface area contributed by atoms with Crippen LogP contribution in [0.4, 0.5) is 0 Å². The summed E-state index contributed by atoms with van der Waals surface area (Å²) in [5.41, 5.74) is 4.15. The summed E-state index contributed by atoms with van der Waals surface area (Å²) in [6.45, 7) is 3.99. The molecule has 0 atom stereocenters. The minimum absolute atomic E-state index is 0.272. The quantitative estimate of drug-likeness (QED) is 0.311. The highest BCUT2D eigenvalue weighted by Crippen LogP contribution is 2.27. The van der Waals surface area contributed by atoms with E-state index in [0.717, 1.165) is 16.7 Å². The van der Waals surface area contributed by atoms with Crippen molar-refractivity contribution in [3.8, 4) is 11.5 Å². The van der Waals surface area contributed by atoms with E-state index < -0.39 is 5.92 Å². The molecule has 156 valence electrons. The molecule has 0 saturated heterocycles. The summed E-state index contributed by atoms with van der Waals surface area (Å²) >= 11 is 0. The number of aromatic hydroxyl groups is 1. The molecule has 31 heavy (non-hydrogen) atoms. The first kappa shape index (κ1) is 21.8. The molecule has 0 saturated carbocycles. The van der Waals surface area contributed by atoms with Gasteiger partial charge in [-0.1, -0.05) is 96.1 Å². The maximum atomic E-state index is 12.8. The third-order valence-corrected chi connectivity index (χ3v) is 4.77. The Morgan fingerprint density at radius 2 is 1.06 bits per heavy atom. The number of rotatable bonds is 4. The Kier molecular flexibility index (Phi) is 7.61. The van der Waals surface area contributed by atoms with Crippen LogP contribution in [0.2, 0.25) is 0 Å². The molecule has 0 radical (unpaired) electrons. The molecule has 0 bridgehead atoms. The van der Waals surface area contributed by atoms with Gasteiger partial charge in [0, 0.05) is 0 Å². The smallest absolute Gasteiger partial charge is 0.323 e. The highest BCUT2D eigenvalue weighted by molar-refractivity contribution is 5.84. The molecule has 0 aliphatic heterocycles.